The van der Waals surface area contributed by atoms with Gasteiger partial charge in [-0.15, -0.1) is 11.8 Å². The summed E-state index contributed by atoms with van der Waals surface area (Å²) < 4.78 is 0. The number of carbonyl (C=O) groups is 1. The van der Waals surface area contributed by atoms with Gasteiger partial charge in [-0.05, 0) is 54.4 Å². The van der Waals surface area contributed by atoms with E-state index < -0.39 is 0 Å². The van der Waals surface area contributed by atoms with Gasteiger partial charge in [0, 0.05) is 23.3 Å². The van der Waals surface area contributed by atoms with Crippen molar-refractivity contribution in [1.82, 2.24) is 10.3 Å². The van der Waals surface area contributed by atoms with Crippen molar-refractivity contribution in [2.75, 3.05) is 22.6 Å². The Balaban J connectivity index is 1.40. The summed E-state index contributed by atoms with van der Waals surface area (Å²) in [7, 11) is 0. The Kier molecular flexibility index (Phi) is 5.33. The topological polar surface area (TPSA) is 57.3 Å². The van der Waals surface area contributed by atoms with Crippen LogP contribution in [0, 0.1) is 0 Å². The van der Waals surface area contributed by atoms with Crippen LogP contribution in [0.2, 0.25) is 10.0 Å². The number of thioether (sulfide) groups is 1. The standard InChI is InChI=1S/C22H18Cl2N4OS/c23-17-2-1-3-18(24)21(17)28-12-30-19-9-20(26-11-16(19)22(28)29)27-15-5-4-13-6-7-25-10-14(13)8-15/h1-5,8-9,11,25H,6-7,10,12H2,(H,26,27). The number of rotatable bonds is 3. The van der Waals surface area contributed by atoms with Crippen molar-refractivity contribution in [3.05, 3.63) is 75.4 Å². The van der Waals surface area contributed by atoms with Gasteiger partial charge in [0.25, 0.3) is 5.91 Å². The minimum atomic E-state index is -0.155. The number of para-hydroxylation sites is 1. The van der Waals surface area contributed by atoms with E-state index >= 15 is 0 Å². The molecule has 0 bridgehead atoms. The van der Waals surface area contributed by atoms with E-state index in [0.29, 0.717) is 33.0 Å². The van der Waals surface area contributed by atoms with E-state index in [-0.39, 0.29) is 5.91 Å². The summed E-state index contributed by atoms with van der Waals surface area (Å²) in [6.45, 7) is 1.90. The molecule has 2 aromatic carbocycles. The summed E-state index contributed by atoms with van der Waals surface area (Å²) in [6.07, 6.45) is 2.67. The number of hydrogen-bond donors (Lipinski definition) is 2. The summed E-state index contributed by atoms with van der Waals surface area (Å²) >= 11 is 14.2. The molecule has 0 radical (unpaired) electrons. The monoisotopic (exact) mass is 456 g/mol. The summed E-state index contributed by atoms with van der Waals surface area (Å²) in [5.41, 5.74) is 4.76. The number of hydrogen-bond acceptors (Lipinski definition) is 5. The molecule has 2 N–H and O–H groups in total. The van der Waals surface area contributed by atoms with Gasteiger partial charge in [-0.1, -0.05) is 35.3 Å². The van der Waals surface area contributed by atoms with Crippen molar-refractivity contribution in [2.45, 2.75) is 17.9 Å². The van der Waals surface area contributed by atoms with Crippen molar-refractivity contribution < 1.29 is 4.79 Å². The number of aromatic nitrogens is 1. The number of nitrogens with zero attached hydrogens (tertiary/aromatic N) is 2. The van der Waals surface area contributed by atoms with Crippen molar-refractivity contribution in [1.29, 1.82) is 0 Å². The van der Waals surface area contributed by atoms with Gasteiger partial charge in [0.2, 0.25) is 0 Å². The highest BCUT2D eigenvalue weighted by Gasteiger charge is 2.29. The maximum absolute atomic E-state index is 13.1. The third-order valence-corrected chi connectivity index (χ3v) is 6.91. The first kappa shape index (κ1) is 19.7. The van der Waals surface area contributed by atoms with Crippen LogP contribution < -0.4 is 15.5 Å². The molecule has 0 fully saturated rings. The second kappa shape index (κ2) is 8.12. The summed E-state index contributed by atoms with van der Waals surface area (Å²) in [4.78, 5) is 20.0. The van der Waals surface area contributed by atoms with Gasteiger partial charge in [0.15, 0.2) is 0 Å². The van der Waals surface area contributed by atoms with E-state index in [1.165, 1.54) is 11.1 Å². The molecule has 2 aliphatic heterocycles. The Hall–Kier alpha value is -2.25. The van der Waals surface area contributed by atoms with E-state index in [2.05, 4.69) is 33.8 Å². The van der Waals surface area contributed by atoms with E-state index in [0.717, 1.165) is 30.1 Å². The molecule has 3 aromatic rings. The maximum Gasteiger partial charge on any atom is 0.261 e. The second-order valence-corrected chi connectivity index (χ2v) is 8.98. The van der Waals surface area contributed by atoms with Crippen molar-refractivity contribution >= 4 is 58.1 Å². The van der Waals surface area contributed by atoms with Crippen LogP contribution in [0.5, 0.6) is 0 Å². The molecular weight excluding hydrogens is 439 g/mol. The molecule has 0 unspecified atom stereocenters. The fraction of sp³-hybridized carbons (Fsp3) is 0.182. The molecule has 5 rings (SSSR count). The zero-order chi connectivity index (χ0) is 20.7. The number of anilines is 3. The Labute approximate surface area is 188 Å². The van der Waals surface area contributed by atoms with Crippen molar-refractivity contribution in [3.63, 3.8) is 0 Å². The molecule has 0 saturated heterocycles. The number of fused-ring (bicyclic) bond motifs is 2. The van der Waals surface area contributed by atoms with Crippen LogP contribution in [0.3, 0.4) is 0 Å². The Morgan fingerprint density at radius 3 is 2.77 bits per heavy atom. The van der Waals surface area contributed by atoms with Crippen LogP contribution in [-0.2, 0) is 13.0 Å². The number of pyridine rings is 1. The van der Waals surface area contributed by atoms with Crippen LogP contribution in [0.1, 0.15) is 21.5 Å². The Morgan fingerprint density at radius 1 is 1.10 bits per heavy atom. The second-order valence-electron chi connectivity index (χ2n) is 7.18. The Bertz CT molecular complexity index is 1130. The van der Waals surface area contributed by atoms with Gasteiger partial charge < -0.3 is 10.6 Å². The molecule has 152 valence electrons. The fourth-order valence-electron chi connectivity index (χ4n) is 3.74. The first-order valence-corrected chi connectivity index (χ1v) is 11.3. The molecule has 1 amide bonds. The molecule has 3 heterocycles. The van der Waals surface area contributed by atoms with Gasteiger partial charge in [0.05, 0.1) is 27.2 Å². The van der Waals surface area contributed by atoms with Gasteiger partial charge in [0.1, 0.15) is 5.82 Å². The molecule has 5 nitrogen and oxygen atoms in total. The first-order chi connectivity index (χ1) is 14.6. The lowest BCUT2D eigenvalue weighted by atomic mass is 10.0. The highest BCUT2D eigenvalue weighted by Crippen LogP contribution is 2.40. The molecule has 0 aliphatic carbocycles. The smallest absolute Gasteiger partial charge is 0.261 e. The number of halogens is 2. The third-order valence-electron chi connectivity index (χ3n) is 5.26. The first-order valence-electron chi connectivity index (χ1n) is 9.58. The van der Waals surface area contributed by atoms with Crippen LogP contribution in [0.4, 0.5) is 17.2 Å². The quantitative estimate of drug-likeness (QED) is 0.545. The van der Waals surface area contributed by atoms with Crippen LogP contribution in [0.15, 0.2) is 53.6 Å². The lowest BCUT2D eigenvalue weighted by molar-refractivity contribution is 0.0986. The average Bonchev–Trinajstić information content (AvgIpc) is 2.75. The lowest BCUT2D eigenvalue weighted by Gasteiger charge is -2.29. The number of carbonyl (C=O) groups excluding carboxylic acids is 1. The largest absolute Gasteiger partial charge is 0.340 e. The fourth-order valence-corrected chi connectivity index (χ4v) is 5.35. The number of nitrogens with one attached hydrogen (secondary N) is 2. The SMILES string of the molecule is O=C1c2cnc(Nc3ccc4c(c3)CNCC4)cc2SCN1c1c(Cl)cccc1Cl. The Morgan fingerprint density at radius 2 is 1.93 bits per heavy atom. The maximum atomic E-state index is 13.1. The minimum absolute atomic E-state index is 0.155. The molecule has 2 aliphatic rings. The molecule has 0 saturated carbocycles. The van der Waals surface area contributed by atoms with Gasteiger partial charge in [-0.2, -0.15) is 0 Å². The highest BCUT2D eigenvalue weighted by atomic mass is 35.5. The van der Waals surface area contributed by atoms with Crippen LogP contribution in [-0.4, -0.2) is 23.3 Å². The molecule has 0 spiro atoms. The predicted molar refractivity (Wildman–Crippen MR) is 123 cm³/mol. The third kappa shape index (κ3) is 3.65. The van der Waals surface area contributed by atoms with Crippen molar-refractivity contribution in [3.8, 4) is 0 Å². The zero-order valence-electron chi connectivity index (χ0n) is 15.9. The van der Waals surface area contributed by atoms with E-state index in [1.807, 2.05) is 6.07 Å². The highest BCUT2D eigenvalue weighted by molar-refractivity contribution is 7.99. The molecular formula is C22H18Cl2N4OS. The van der Waals surface area contributed by atoms with Crippen LogP contribution in [0.25, 0.3) is 0 Å². The molecule has 30 heavy (non-hydrogen) atoms. The normalized spacial score (nSPS) is 15.5. The van der Waals surface area contributed by atoms with E-state index in [1.54, 1.807) is 41.1 Å². The van der Waals surface area contributed by atoms with E-state index in [4.69, 9.17) is 23.2 Å². The molecule has 8 heteroatoms. The summed E-state index contributed by atoms with van der Waals surface area (Å²) in [6, 6.07) is 13.5. The zero-order valence-corrected chi connectivity index (χ0v) is 18.2. The van der Waals surface area contributed by atoms with Gasteiger partial charge in [-0.3, -0.25) is 9.69 Å². The minimum Gasteiger partial charge on any atom is -0.340 e. The number of amides is 1. The van der Waals surface area contributed by atoms with E-state index in [9.17, 15) is 4.79 Å². The number of benzene rings is 2. The average molecular weight is 457 g/mol. The van der Waals surface area contributed by atoms with Crippen molar-refractivity contribution in [2.24, 2.45) is 0 Å². The molecule has 1 aromatic heterocycles. The molecule has 0 atom stereocenters. The van der Waals surface area contributed by atoms with Gasteiger partial charge >= 0.3 is 0 Å². The lowest BCUT2D eigenvalue weighted by Crippen LogP contribution is -2.34. The predicted octanol–water partition coefficient (Wildman–Crippen LogP) is 5.49. The van der Waals surface area contributed by atoms with Crippen LogP contribution >= 0.6 is 35.0 Å². The van der Waals surface area contributed by atoms with Gasteiger partial charge in [-0.25, -0.2) is 4.98 Å². The summed E-state index contributed by atoms with van der Waals surface area (Å²) in [5, 5.41) is 7.66. The summed E-state index contributed by atoms with van der Waals surface area (Å²) in [5.74, 6) is 0.989.